The number of fused-ring (bicyclic) bond motifs is 6. The predicted octanol–water partition coefficient (Wildman–Crippen LogP) is 14.6. The molecular formula is C56H42N4O+2. The van der Waals surface area contributed by atoms with Gasteiger partial charge in [-0.2, -0.15) is 0 Å². The molecule has 0 saturated carbocycles. The van der Waals surface area contributed by atoms with Crippen molar-refractivity contribution in [3.8, 4) is 39.6 Å². The first-order chi connectivity index (χ1) is 29.9. The summed E-state index contributed by atoms with van der Waals surface area (Å²) in [5.74, 6) is 2.33. The van der Waals surface area contributed by atoms with Crippen molar-refractivity contribution in [2.24, 2.45) is 0 Å². The number of pyridine rings is 1. The molecule has 1 aliphatic rings. The molecule has 8 aromatic carbocycles. The number of hydrogen-bond donors (Lipinski definition) is 0. The van der Waals surface area contributed by atoms with Crippen LogP contribution in [-0.2, 0) is 5.41 Å². The van der Waals surface area contributed by atoms with Crippen molar-refractivity contribution in [1.82, 2.24) is 18.7 Å². The standard InChI is InChI=1S/C56H42N4O/c1-56(2,3)41-33-48(38-17-6-4-7-18-38)54(49(34-41)39-19-8-5-9-20-39)59-37-58(51-31-28-40-21-10-11-24-45(40)55(51)59)42-22-16-23-43(35-42)61-44-29-30-47-46-25-12-13-26-50(46)60(52(47)36-44)53-27-14-15-32-57-53/h4-36H,1-3H3/q+2. The number of nitrogens with zero attached hydrogens (tertiary/aromatic N) is 4. The summed E-state index contributed by atoms with van der Waals surface area (Å²) in [4.78, 5) is 4.72. The summed E-state index contributed by atoms with van der Waals surface area (Å²) in [7, 11) is 0. The van der Waals surface area contributed by atoms with Gasteiger partial charge in [0.1, 0.15) is 17.3 Å². The summed E-state index contributed by atoms with van der Waals surface area (Å²) in [6.07, 6.45) is 1.84. The second-order valence-electron chi connectivity index (χ2n) is 16.6. The summed E-state index contributed by atoms with van der Waals surface area (Å²) in [6, 6.07) is 72.4. The third-order valence-corrected chi connectivity index (χ3v) is 11.7. The van der Waals surface area contributed by atoms with Crippen LogP contribution in [-0.4, -0.2) is 15.6 Å². The Bertz CT molecular complexity index is 3330. The Balaban J connectivity index is 1.11. The molecule has 0 fully saturated rings. The summed E-state index contributed by atoms with van der Waals surface area (Å²) < 4.78 is 13.4. The Hall–Kier alpha value is -7.85. The SMILES string of the molecule is CC(C)(C)c1cc(-c2ccccc2)c([N+]2=C=[N+](c3cccc(Oc4ccc5c6ccccc6n(-c6ccccn6)c5c4)c3)c3ccc4ccccc4c32)c(-c2ccccc2)c1. The van der Waals surface area contributed by atoms with Gasteiger partial charge in [0, 0.05) is 35.2 Å². The smallest absolute Gasteiger partial charge is 0.457 e. The normalized spacial score (nSPS) is 12.4. The quantitative estimate of drug-likeness (QED) is 0.151. The lowest BCUT2D eigenvalue weighted by Gasteiger charge is -2.22. The van der Waals surface area contributed by atoms with E-state index in [-0.39, 0.29) is 5.41 Å². The summed E-state index contributed by atoms with van der Waals surface area (Å²) in [5.41, 5.74) is 12.1. The van der Waals surface area contributed by atoms with E-state index < -0.39 is 0 Å². The lowest BCUT2D eigenvalue weighted by Crippen LogP contribution is -2.13. The van der Waals surface area contributed by atoms with Gasteiger partial charge in [0.05, 0.1) is 33.6 Å². The lowest BCUT2D eigenvalue weighted by molar-refractivity contribution is 0.483. The maximum Gasteiger partial charge on any atom is 0.503 e. The van der Waals surface area contributed by atoms with Crippen LogP contribution in [0.3, 0.4) is 0 Å². The van der Waals surface area contributed by atoms with E-state index in [2.05, 4.69) is 210 Å². The van der Waals surface area contributed by atoms with E-state index in [4.69, 9.17) is 9.72 Å². The maximum absolute atomic E-state index is 6.74. The molecule has 0 bridgehead atoms. The Kier molecular flexibility index (Phi) is 8.59. The van der Waals surface area contributed by atoms with Crippen molar-refractivity contribution in [2.75, 3.05) is 0 Å². The van der Waals surface area contributed by atoms with E-state index in [1.54, 1.807) is 0 Å². The largest absolute Gasteiger partial charge is 0.503 e. The minimum atomic E-state index is -0.0827. The van der Waals surface area contributed by atoms with E-state index in [0.717, 1.165) is 84.1 Å². The fourth-order valence-corrected chi connectivity index (χ4v) is 8.77. The number of para-hydroxylation sites is 1. The fourth-order valence-electron chi connectivity index (χ4n) is 8.77. The van der Waals surface area contributed by atoms with Gasteiger partial charge in [0.2, 0.25) is 11.4 Å². The first kappa shape index (κ1) is 36.2. The zero-order valence-corrected chi connectivity index (χ0v) is 34.2. The minimum absolute atomic E-state index is 0.0827. The lowest BCUT2D eigenvalue weighted by atomic mass is 9.82. The van der Waals surface area contributed by atoms with Crippen LogP contribution in [0.1, 0.15) is 26.3 Å². The molecule has 1 aliphatic heterocycles. The summed E-state index contributed by atoms with van der Waals surface area (Å²) >= 11 is 0. The molecule has 2 aromatic heterocycles. The molecule has 0 spiro atoms. The first-order valence-corrected chi connectivity index (χ1v) is 20.8. The van der Waals surface area contributed by atoms with Crippen molar-refractivity contribution < 1.29 is 4.74 Å². The second-order valence-corrected chi connectivity index (χ2v) is 16.6. The van der Waals surface area contributed by atoms with Crippen LogP contribution in [0.5, 0.6) is 11.5 Å². The number of aromatic nitrogens is 2. The molecule has 0 amide bonds. The molecule has 290 valence electrons. The zero-order chi connectivity index (χ0) is 41.1. The predicted molar refractivity (Wildman–Crippen MR) is 253 cm³/mol. The van der Waals surface area contributed by atoms with Crippen LogP contribution in [0.4, 0.5) is 22.7 Å². The highest BCUT2D eigenvalue weighted by Gasteiger charge is 2.41. The molecule has 5 heteroatoms. The number of ether oxygens (including phenoxy) is 1. The first-order valence-electron chi connectivity index (χ1n) is 20.8. The fraction of sp³-hybridized carbons (Fsp3) is 0.0714. The molecular weight excluding hydrogens is 745 g/mol. The van der Waals surface area contributed by atoms with Gasteiger partial charge in [0.15, 0.2) is 0 Å². The molecule has 3 heterocycles. The Labute approximate surface area is 355 Å². The third kappa shape index (κ3) is 6.31. The van der Waals surface area contributed by atoms with E-state index in [1.807, 2.05) is 30.5 Å². The zero-order valence-electron chi connectivity index (χ0n) is 34.2. The highest BCUT2D eigenvalue weighted by molar-refractivity contribution is 6.10. The van der Waals surface area contributed by atoms with Crippen LogP contribution < -0.4 is 13.9 Å². The molecule has 5 nitrogen and oxygen atoms in total. The number of benzene rings is 8. The molecule has 0 unspecified atom stereocenters. The van der Waals surface area contributed by atoms with Gasteiger partial charge in [-0.05, 0) is 97.3 Å². The van der Waals surface area contributed by atoms with Crippen LogP contribution in [0, 0.1) is 0 Å². The topological polar surface area (TPSA) is 33.1 Å². The van der Waals surface area contributed by atoms with Gasteiger partial charge in [-0.15, -0.1) is 0 Å². The average Bonchev–Trinajstić information content (AvgIpc) is 3.85. The molecule has 0 N–H and O–H groups in total. The van der Waals surface area contributed by atoms with Gasteiger partial charge in [-0.1, -0.05) is 130 Å². The highest BCUT2D eigenvalue weighted by atomic mass is 16.5. The summed E-state index contributed by atoms with van der Waals surface area (Å²) in [6.45, 7) is 6.87. The molecule has 0 radical (unpaired) electrons. The van der Waals surface area contributed by atoms with Crippen LogP contribution in [0.25, 0.3) is 60.6 Å². The van der Waals surface area contributed by atoms with E-state index in [9.17, 15) is 0 Å². The molecule has 61 heavy (non-hydrogen) atoms. The molecule has 0 aliphatic carbocycles. The molecule has 0 atom stereocenters. The van der Waals surface area contributed by atoms with Crippen molar-refractivity contribution in [2.45, 2.75) is 26.2 Å². The van der Waals surface area contributed by atoms with Gasteiger partial charge < -0.3 is 4.74 Å². The molecule has 11 rings (SSSR count). The van der Waals surface area contributed by atoms with E-state index >= 15 is 0 Å². The van der Waals surface area contributed by atoms with Gasteiger partial charge in [-0.3, -0.25) is 4.57 Å². The second kappa shape index (κ2) is 14.5. The Morgan fingerprint density at radius 2 is 1.16 bits per heavy atom. The Morgan fingerprint density at radius 3 is 1.89 bits per heavy atom. The van der Waals surface area contributed by atoms with Crippen LogP contribution >= 0.6 is 0 Å². The number of hydrogen-bond acceptors (Lipinski definition) is 2. The van der Waals surface area contributed by atoms with E-state index in [1.165, 1.54) is 16.3 Å². The van der Waals surface area contributed by atoms with Gasteiger partial charge in [0.25, 0.3) is 5.69 Å². The van der Waals surface area contributed by atoms with Gasteiger partial charge in [-0.25, -0.2) is 4.98 Å². The van der Waals surface area contributed by atoms with Crippen molar-refractivity contribution in [3.05, 3.63) is 206 Å². The minimum Gasteiger partial charge on any atom is -0.457 e. The summed E-state index contributed by atoms with van der Waals surface area (Å²) in [5, 5.41) is 4.63. The highest BCUT2D eigenvalue weighted by Crippen LogP contribution is 2.49. The van der Waals surface area contributed by atoms with Crippen molar-refractivity contribution >= 4 is 61.3 Å². The third-order valence-electron chi connectivity index (χ3n) is 11.7. The van der Waals surface area contributed by atoms with Gasteiger partial charge >= 0.3 is 11.7 Å². The Morgan fingerprint density at radius 1 is 0.508 bits per heavy atom. The van der Waals surface area contributed by atoms with Crippen LogP contribution in [0.2, 0.25) is 0 Å². The number of rotatable bonds is 7. The maximum atomic E-state index is 6.74. The average molecular weight is 787 g/mol. The molecule has 0 saturated heterocycles. The molecule has 10 aromatic rings. The van der Waals surface area contributed by atoms with E-state index in [0.29, 0.717) is 0 Å². The van der Waals surface area contributed by atoms with Crippen LogP contribution in [0.15, 0.2) is 200 Å². The van der Waals surface area contributed by atoms with Crippen molar-refractivity contribution in [3.63, 3.8) is 0 Å². The van der Waals surface area contributed by atoms with Crippen molar-refractivity contribution in [1.29, 1.82) is 0 Å². The monoisotopic (exact) mass is 786 g/mol.